The molecule has 98 valence electrons. The fourth-order valence-corrected chi connectivity index (χ4v) is 2.68. The summed E-state index contributed by atoms with van der Waals surface area (Å²) in [6.45, 7) is 1.99. The largest absolute Gasteiger partial charge is 0.457 e. The van der Waals surface area contributed by atoms with Gasteiger partial charge in [-0.2, -0.15) is 0 Å². The molecule has 0 heterocycles. The summed E-state index contributed by atoms with van der Waals surface area (Å²) in [6, 6.07) is 11.2. The molecule has 5 heteroatoms. The molecule has 0 radical (unpaired) electrons. The third-order valence-corrected chi connectivity index (χ3v) is 3.74. The van der Waals surface area contributed by atoms with Crippen molar-refractivity contribution in [2.75, 3.05) is 0 Å². The van der Waals surface area contributed by atoms with Crippen LogP contribution in [0.3, 0.4) is 0 Å². The van der Waals surface area contributed by atoms with Gasteiger partial charge < -0.3 is 10.5 Å². The third kappa shape index (κ3) is 3.36. The topological polar surface area (TPSA) is 59.1 Å². The molecule has 2 rings (SSSR count). The van der Waals surface area contributed by atoms with E-state index < -0.39 is 0 Å². The van der Waals surface area contributed by atoms with Gasteiger partial charge in [0.1, 0.15) is 17.3 Å². The number of nitrogen functional groups attached to an aromatic ring is 1. The standard InChI is InChI=1S/C14H12Br2N2O/c1-8-6-9(15)2-5-13(8)19-10-3-4-11(14(17)18)12(16)7-10/h2-7H,1H3,(H3,17,18). The molecule has 2 aromatic rings. The minimum absolute atomic E-state index is 0.0262. The Morgan fingerprint density at radius 2 is 1.89 bits per heavy atom. The number of nitrogens with one attached hydrogen (secondary N) is 1. The number of rotatable bonds is 3. The third-order valence-electron chi connectivity index (χ3n) is 2.60. The van der Waals surface area contributed by atoms with Crippen LogP contribution in [-0.4, -0.2) is 5.84 Å². The van der Waals surface area contributed by atoms with E-state index in [-0.39, 0.29) is 5.84 Å². The number of aryl methyl sites for hydroxylation is 1. The van der Waals surface area contributed by atoms with Crippen molar-refractivity contribution in [2.24, 2.45) is 5.73 Å². The Hall–Kier alpha value is -1.33. The number of ether oxygens (including phenoxy) is 1. The van der Waals surface area contributed by atoms with Crippen LogP contribution in [0.5, 0.6) is 11.5 Å². The van der Waals surface area contributed by atoms with Crippen LogP contribution in [0.4, 0.5) is 0 Å². The molecule has 19 heavy (non-hydrogen) atoms. The molecule has 0 saturated heterocycles. The van der Waals surface area contributed by atoms with E-state index in [1.807, 2.05) is 25.1 Å². The Kier molecular flexibility index (Phi) is 4.27. The van der Waals surface area contributed by atoms with Crippen LogP contribution < -0.4 is 10.5 Å². The van der Waals surface area contributed by atoms with E-state index in [0.29, 0.717) is 11.3 Å². The van der Waals surface area contributed by atoms with Gasteiger partial charge in [0.05, 0.1) is 0 Å². The van der Waals surface area contributed by atoms with E-state index in [2.05, 4.69) is 31.9 Å². The van der Waals surface area contributed by atoms with Gasteiger partial charge in [-0.25, -0.2) is 0 Å². The zero-order valence-corrected chi connectivity index (χ0v) is 13.4. The average Bonchev–Trinajstić information content (AvgIpc) is 2.32. The molecule has 0 aliphatic heterocycles. The lowest BCUT2D eigenvalue weighted by Crippen LogP contribution is -2.11. The summed E-state index contributed by atoms with van der Waals surface area (Å²) in [5.41, 5.74) is 7.16. The van der Waals surface area contributed by atoms with E-state index in [0.717, 1.165) is 20.3 Å². The maximum Gasteiger partial charge on any atom is 0.130 e. The summed E-state index contributed by atoms with van der Waals surface area (Å²) < 4.78 is 7.58. The van der Waals surface area contributed by atoms with Gasteiger partial charge in [0.2, 0.25) is 0 Å². The first kappa shape index (κ1) is 14.1. The highest BCUT2D eigenvalue weighted by Crippen LogP contribution is 2.30. The van der Waals surface area contributed by atoms with Crippen molar-refractivity contribution >= 4 is 37.7 Å². The molecule has 0 amide bonds. The van der Waals surface area contributed by atoms with Crippen molar-refractivity contribution in [1.29, 1.82) is 5.41 Å². The highest BCUT2D eigenvalue weighted by atomic mass is 79.9. The van der Waals surface area contributed by atoms with Crippen LogP contribution in [0.1, 0.15) is 11.1 Å². The van der Waals surface area contributed by atoms with Gasteiger partial charge in [0.25, 0.3) is 0 Å². The van der Waals surface area contributed by atoms with Crippen LogP contribution in [-0.2, 0) is 0 Å². The Morgan fingerprint density at radius 3 is 2.47 bits per heavy atom. The summed E-state index contributed by atoms with van der Waals surface area (Å²) in [5, 5.41) is 7.43. The second-order valence-corrected chi connectivity index (χ2v) is 5.84. The molecule has 0 unspecified atom stereocenters. The predicted molar refractivity (Wildman–Crippen MR) is 84.1 cm³/mol. The zero-order valence-electron chi connectivity index (χ0n) is 10.2. The van der Waals surface area contributed by atoms with Gasteiger partial charge in [-0.15, -0.1) is 0 Å². The lowest BCUT2D eigenvalue weighted by atomic mass is 10.2. The first-order valence-corrected chi connectivity index (χ1v) is 7.14. The number of nitrogens with two attached hydrogens (primary N) is 1. The van der Waals surface area contributed by atoms with Crippen LogP contribution >= 0.6 is 31.9 Å². The summed E-state index contributed by atoms with van der Waals surface area (Å²) in [5.74, 6) is 1.52. The van der Waals surface area contributed by atoms with Crippen molar-refractivity contribution < 1.29 is 4.74 Å². The monoisotopic (exact) mass is 382 g/mol. The Morgan fingerprint density at radius 1 is 1.16 bits per heavy atom. The molecule has 2 aromatic carbocycles. The Balaban J connectivity index is 2.29. The molecule has 0 aliphatic rings. The van der Waals surface area contributed by atoms with Crippen molar-refractivity contribution in [3.05, 3.63) is 56.5 Å². The normalized spacial score (nSPS) is 10.3. The predicted octanol–water partition coefficient (Wildman–Crippen LogP) is 4.60. The summed E-state index contributed by atoms with van der Waals surface area (Å²) >= 11 is 6.80. The Bertz CT molecular complexity index is 641. The van der Waals surface area contributed by atoms with Crippen molar-refractivity contribution in [2.45, 2.75) is 6.92 Å². The van der Waals surface area contributed by atoms with Crippen LogP contribution in [0.2, 0.25) is 0 Å². The molecule has 3 nitrogen and oxygen atoms in total. The minimum atomic E-state index is 0.0262. The highest BCUT2D eigenvalue weighted by Gasteiger charge is 2.07. The number of hydrogen-bond acceptors (Lipinski definition) is 2. The van der Waals surface area contributed by atoms with E-state index in [1.165, 1.54) is 0 Å². The molecule has 0 aromatic heterocycles. The molecule has 3 N–H and O–H groups in total. The SMILES string of the molecule is Cc1cc(Br)ccc1Oc1ccc(C(=N)N)c(Br)c1. The Labute approximate surface area is 128 Å². The van der Waals surface area contributed by atoms with Crippen LogP contribution in [0, 0.1) is 12.3 Å². The van der Waals surface area contributed by atoms with Crippen LogP contribution in [0.25, 0.3) is 0 Å². The molecule has 0 spiro atoms. The fraction of sp³-hybridized carbons (Fsp3) is 0.0714. The van der Waals surface area contributed by atoms with Crippen molar-refractivity contribution in [1.82, 2.24) is 0 Å². The van der Waals surface area contributed by atoms with Gasteiger partial charge in [-0.3, -0.25) is 5.41 Å². The molecule has 0 saturated carbocycles. The minimum Gasteiger partial charge on any atom is -0.457 e. The maximum atomic E-state index is 7.43. The second-order valence-electron chi connectivity index (χ2n) is 4.07. The van der Waals surface area contributed by atoms with Gasteiger partial charge >= 0.3 is 0 Å². The number of halogens is 2. The zero-order chi connectivity index (χ0) is 14.0. The van der Waals surface area contributed by atoms with E-state index in [9.17, 15) is 0 Å². The molecular formula is C14H12Br2N2O. The first-order valence-electron chi connectivity index (χ1n) is 5.55. The smallest absolute Gasteiger partial charge is 0.130 e. The van der Waals surface area contributed by atoms with E-state index in [1.54, 1.807) is 18.2 Å². The lowest BCUT2D eigenvalue weighted by molar-refractivity contribution is 0.478. The van der Waals surface area contributed by atoms with Gasteiger partial charge in [-0.05, 0) is 64.8 Å². The molecular weight excluding hydrogens is 372 g/mol. The lowest BCUT2D eigenvalue weighted by Gasteiger charge is -2.10. The molecule has 0 aliphatic carbocycles. The summed E-state index contributed by atoms with van der Waals surface area (Å²) in [6.07, 6.45) is 0. The highest BCUT2D eigenvalue weighted by molar-refractivity contribution is 9.10. The quantitative estimate of drug-likeness (QED) is 0.601. The van der Waals surface area contributed by atoms with Gasteiger partial charge in [0, 0.05) is 14.5 Å². The number of benzene rings is 2. The van der Waals surface area contributed by atoms with E-state index in [4.69, 9.17) is 15.9 Å². The molecule has 0 fully saturated rings. The summed E-state index contributed by atoms with van der Waals surface area (Å²) in [4.78, 5) is 0. The number of amidine groups is 1. The van der Waals surface area contributed by atoms with Crippen LogP contribution in [0.15, 0.2) is 45.3 Å². The van der Waals surface area contributed by atoms with Crippen molar-refractivity contribution in [3.8, 4) is 11.5 Å². The molecule has 0 atom stereocenters. The average molecular weight is 384 g/mol. The number of hydrogen-bond donors (Lipinski definition) is 2. The first-order chi connectivity index (χ1) is 8.97. The summed E-state index contributed by atoms with van der Waals surface area (Å²) in [7, 11) is 0. The van der Waals surface area contributed by atoms with Gasteiger partial charge in [-0.1, -0.05) is 15.9 Å². The second kappa shape index (κ2) is 5.75. The fourth-order valence-electron chi connectivity index (χ4n) is 1.63. The molecule has 0 bridgehead atoms. The van der Waals surface area contributed by atoms with Crippen molar-refractivity contribution in [3.63, 3.8) is 0 Å². The van der Waals surface area contributed by atoms with E-state index >= 15 is 0 Å². The maximum absolute atomic E-state index is 7.43. The van der Waals surface area contributed by atoms with Gasteiger partial charge in [0.15, 0.2) is 0 Å².